The number of nitrogens with one attached hydrogen (secondary N) is 1. The van der Waals surface area contributed by atoms with E-state index >= 15 is 0 Å². The Morgan fingerprint density at radius 2 is 1.97 bits per heavy atom. The van der Waals surface area contributed by atoms with E-state index in [1.165, 1.54) is 0 Å². The molecule has 0 aliphatic carbocycles. The molecule has 1 unspecified atom stereocenters. The summed E-state index contributed by atoms with van der Waals surface area (Å²) < 4.78 is 22.0. The van der Waals surface area contributed by atoms with Crippen LogP contribution in [0, 0.1) is 0 Å². The van der Waals surface area contributed by atoms with Crippen molar-refractivity contribution in [2.45, 2.75) is 25.7 Å². The molecule has 1 amide bonds. The molecule has 1 aromatic heterocycles. The largest absolute Gasteiger partial charge is 0.488 e. The Labute approximate surface area is 196 Å². The minimum Gasteiger partial charge on any atom is -0.488 e. The third-order valence-corrected chi connectivity index (χ3v) is 6.09. The molecule has 3 aromatic rings. The number of hydrogen-bond acceptors (Lipinski definition) is 5. The Hall–Kier alpha value is -3.00. The van der Waals surface area contributed by atoms with Crippen molar-refractivity contribution in [1.29, 1.82) is 0 Å². The quantitative estimate of drug-likeness (QED) is 0.521. The molecule has 5 rings (SSSR count). The van der Waals surface area contributed by atoms with Crippen molar-refractivity contribution in [1.82, 2.24) is 9.88 Å². The van der Waals surface area contributed by atoms with Crippen molar-refractivity contribution in [2.24, 2.45) is 0 Å². The van der Waals surface area contributed by atoms with Gasteiger partial charge in [0, 0.05) is 28.2 Å². The van der Waals surface area contributed by atoms with Gasteiger partial charge in [0.2, 0.25) is 0 Å². The number of aromatic nitrogens is 1. The Bertz CT molecular complexity index is 1180. The van der Waals surface area contributed by atoms with Crippen molar-refractivity contribution in [2.75, 3.05) is 26.4 Å². The lowest BCUT2D eigenvalue weighted by Crippen LogP contribution is -2.40. The molecule has 7 nitrogen and oxygen atoms in total. The van der Waals surface area contributed by atoms with Gasteiger partial charge in [0.15, 0.2) is 6.29 Å². The van der Waals surface area contributed by atoms with Gasteiger partial charge in [0.1, 0.15) is 18.4 Å². The minimum absolute atomic E-state index is 0.326. The fraction of sp³-hybridized carbons (Fsp3) is 0.320. The van der Waals surface area contributed by atoms with Crippen LogP contribution in [-0.4, -0.2) is 48.6 Å². The molecule has 2 aromatic carbocycles. The maximum absolute atomic E-state index is 12.9. The Morgan fingerprint density at radius 3 is 2.70 bits per heavy atom. The van der Waals surface area contributed by atoms with Gasteiger partial charge in [0.05, 0.1) is 19.0 Å². The number of allylic oxidation sites excluding steroid dienone is 1. The number of aromatic amines is 1. The molecule has 0 spiro atoms. The van der Waals surface area contributed by atoms with Crippen LogP contribution < -0.4 is 4.74 Å². The zero-order chi connectivity index (χ0) is 22.9. The fourth-order valence-corrected chi connectivity index (χ4v) is 4.60. The lowest BCUT2D eigenvalue weighted by atomic mass is 9.92. The van der Waals surface area contributed by atoms with E-state index in [1.807, 2.05) is 42.5 Å². The molecule has 3 heterocycles. The number of halogens is 1. The summed E-state index contributed by atoms with van der Waals surface area (Å²) in [5.41, 5.74) is 4.04. The van der Waals surface area contributed by atoms with Gasteiger partial charge >= 0.3 is 6.09 Å². The molecular weight excluding hydrogens is 444 g/mol. The summed E-state index contributed by atoms with van der Waals surface area (Å²) >= 11 is 6.26. The van der Waals surface area contributed by atoms with E-state index < -0.39 is 6.09 Å². The van der Waals surface area contributed by atoms with E-state index in [4.69, 9.17) is 30.5 Å². The van der Waals surface area contributed by atoms with E-state index in [2.05, 4.69) is 11.6 Å². The van der Waals surface area contributed by atoms with Gasteiger partial charge in [-0.3, -0.25) is 4.90 Å². The second-order valence-corrected chi connectivity index (χ2v) is 8.61. The highest BCUT2D eigenvalue weighted by atomic mass is 35.5. The van der Waals surface area contributed by atoms with Crippen molar-refractivity contribution >= 4 is 28.6 Å². The standard InChI is InChI=1S/C25H25ClN2O5/c1-15(2)33-25(29)28-10-9-19-20-13-17(26)5-8-21(20)27-23(19)24(28)16-3-6-18(7-4-16)32-14-22-30-11-12-31-22/h3-8,13,22,24,27H,1,9-12,14H2,2H3. The number of benzene rings is 2. The molecule has 1 atom stereocenters. The van der Waals surface area contributed by atoms with E-state index in [9.17, 15) is 4.79 Å². The second-order valence-electron chi connectivity index (χ2n) is 8.17. The van der Waals surface area contributed by atoms with Gasteiger partial charge in [-0.15, -0.1) is 0 Å². The summed E-state index contributed by atoms with van der Waals surface area (Å²) in [7, 11) is 0. The first-order chi connectivity index (χ1) is 16.0. The molecule has 33 heavy (non-hydrogen) atoms. The minimum atomic E-state index is -0.425. The van der Waals surface area contributed by atoms with E-state index in [1.54, 1.807) is 11.8 Å². The summed E-state index contributed by atoms with van der Waals surface area (Å²) in [4.78, 5) is 18.2. The summed E-state index contributed by atoms with van der Waals surface area (Å²) in [6, 6.07) is 13.2. The number of H-pyrrole nitrogens is 1. The van der Waals surface area contributed by atoms with Crippen LogP contribution >= 0.6 is 11.6 Å². The summed E-state index contributed by atoms with van der Waals surface area (Å²) in [6.45, 7) is 7.39. The van der Waals surface area contributed by atoms with Crippen LogP contribution in [-0.2, 0) is 20.6 Å². The molecule has 1 N–H and O–H groups in total. The predicted molar refractivity (Wildman–Crippen MR) is 124 cm³/mol. The third kappa shape index (κ3) is 4.44. The molecular formula is C25H25ClN2O5. The molecule has 1 fully saturated rings. The van der Waals surface area contributed by atoms with Crippen molar-refractivity contribution < 1.29 is 23.7 Å². The average molecular weight is 469 g/mol. The molecule has 2 aliphatic rings. The van der Waals surface area contributed by atoms with Crippen molar-refractivity contribution in [3.05, 3.63) is 76.6 Å². The number of carbonyl (C=O) groups excluding carboxylic acids is 1. The van der Waals surface area contributed by atoms with Crippen LogP contribution in [0.15, 0.2) is 54.8 Å². The monoisotopic (exact) mass is 468 g/mol. The first-order valence-corrected chi connectivity index (χ1v) is 11.3. The fourth-order valence-electron chi connectivity index (χ4n) is 4.43. The highest BCUT2D eigenvalue weighted by Gasteiger charge is 2.35. The van der Waals surface area contributed by atoms with Crippen LogP contribution in [0.1, 0.15) is 29.8 Å². The third-order valence-electron chi connectivity index (χ3n) is 5.86. The van der Waals surface area contributed by atoms with Crippen LogP contribution in [0.4, 0.5) is 4.79 Å². The van der Waals surface area contributed by atoms with Gasteiger partial charge in [-0.2, -0.15) is 0 Å². The summed E-state index contributed by atoms with van der Waals surface area (Å²) in [5.74, 6) is 1.06. The van der Waals surface area contributed by atoms with Gasteiger partial charge in [-0.25, -0.2) is 4.79 Å². The maximum atomic E-state index is 12.9. The number of ether oxygens (including phenoxy) is 4. The molecule has 2 aliphatic heterocycles. The number of nitrogens with zero attached hydrogens (tertiary/aromatic N) is 1. The Balaban J connectivity index is 1.48. The summed E-state index contributed by atoms with van der Waals surface area (Å²) in [6.07, 6.45) is -0.0677. The van der Waals surface area contributed by atoms with Crippen molar-refractivity contribution in [3.8, 4) is 5.75 Å². The van der Waals surface area contributed by atoms with Crippen LogP contribution in [0.5, 0.6) is 5.75 Å². The predicted octanol–water partition coefficient (Wildman–Crippen LogP) is 5.19. The lowest BCUT2D eigenvalue weighted by molar-refractivity contribution is -0.0684. The molecule has 1 saturated heterocycles. The van der Waals surface area contributed by atoms with Crippen molar-refractivity contribution in [3.63, 3.8) is 0 Å². The van der Waals surface area contributed by atoms with E-state index in [0.29, 0.717) is 49.3 Å². The van der Waals surface area contributed by atoms with Gasteiger partial charge in [-0.1, -0.05) is 30.3 Å². The molecule has 172 valence electrons. The average Bonchev–Trinajstić information content (AvgIpc) is 3.44. The topological polar surface area (TPSA) is 73.0 Å². The number of fused-ring (bicyclic) bond motifs is 3. The maximum Gasteiger partial charge on any atom is 0.415 e. The lowest BCUT2D eigenvalue weighted by Gasteiger charge is -2.35. The highest BCUT2D eigenvalue weighted by molar-refractivity contribution is 6.31. The normalized spacial score (nSPS) is 18.4. The highest BCUT2D eigenvalue weighted by Crippen LogP contribution is 2.40. The molecule has 0 bridgehead atoms. The second kappa shape index (κ2) is 9.09. The van der Waals surface area contributed by atoms with Crippen LogP contribution in [0.3, 0.4) is 0 Å². The van der Waals surface area contributed by atoms with E-state index in [-0.39, 0.29) is 12.3 Å². The zero-order valence-electron chi connectivity index (χ0n) is 18.3. The SMILES string of the molecule is C=C(C)OC(=O)N1CCc2c([nH]c3ccc(Cl)cc23)C1c1ccc(OCC2OCCO2)cc1. The first-order valence-electron chi connectivity index (χ1n) is 10.9. The Morgan fingerprint density at radius 1 is 1.21 bits per heavy atom. The van der Waals surface area contributed by atoms with Crippen LogP contribution in [0.2, 0.25) is 5.02 Å². The van der Waals surface area contributed by atoms with Crippen LogP contribution in [0.25, 0.3) is 10.9 Å². The van der Waals surface area contributed by atoms with E-state index in [0.717, 1.165) is 27.7 Å². The van der Waals surface area contributed by atoms with Gasteiger partial charge < -0.3 is 23.9 Å². The summed E-state index contributed by atoms with van der Waals surface area (Å²) in [5, 5.41) is 1.76. The number of hydrogen-bond donors (Lipinski definition) is 1. The molecule has 0 radical (unpaired) electrons. The Kier molecular flexibility index (Phi) is 6.01. The zero-order valence-corrected chi connectivity index (χ0v) is 19.1. The number of rotatable bonds is 5. The molecule has 0 saturated carbocycles. The number of carbonyl (C=O) groups is 1. The molecule has 8 heteroatoms. The smallest absolute Gasteiger partial charge is 0.415 e. The number of amides is 1. The van der Waals surface area contributed by atoms with Gasteiger partial charge in [0.25, 0.3) is 0 Å². The first kappa shape index (κ1) is 21.8. The van der Waals surface area contributed by atoms with Gasteiger partial charge in [-0.05, 0) is 54.8 Å².